The average molecular weight is 476 g/mol. The van der Waals surface area contributed by atoms with Crippen LogP contribution in [0, 0.1) is 5.92 Å². The van der Waals surface area contributed by atoms with Gasteiger partial charge >= 0.3 is 18.0 Å². The Bertz CT molecular complexity index is 1220. The van der Waals surface area contributed by atoms with E-state index in [4.69, 9.17) is 19.1 Å². The molecule has 0 saturated heterocycles. The minimum Gasteiger partial charge on any atom is -0.479 e. The number of carboxylic acids is 1. The van der Waals surface area contributed by atoms with E-state index >= 15 is 0 Å². The van der Waals surface area contributed by atoms with Crippen molar-refractivity contribution in [3.05, 3.63) is 83.3 Å². The predicted molar refractivity (Wildman–Crippen MR) is 123 cm³/mol. The van der Waals surface area contributed by atoms with E-state index in [1.54, 1.807) is 0 Å². The molecule has 5 rings (SSSR count). The average Bonchev–Trinajstić information content (AvgIpc) is 3.49. The molecule has 1 atom stereocenters. The van der Waals surface area contributed by atoms with E-state index in [0.29, 0.717) is 5.76 Å². The molecule has 0 bridgehead atoms. The van der Waals surface area contributed by atoms with Crippen LogP contribution in [-0.2, 0) is 20.9 Å². The van der Waals surface area contributed by atoms with E-state index in [0.717, 1.165) is 35.1 Å². The van der Waals surface area contributed by atoms with Crippen molar-refractivity contribution in [1.29, 1.82) is 0 Å². The second-order valence-electron chi connectivity index (χ2n) is 8.59. The van der Waals surface area contributed by atoms with Gasteiger partial charge in [-0.05, 0) is 53.1 Å². The number of carbonyl (C=O) groups excluding carboxylic acids is 2. The van der Waals surface area contributed by atoms with Gasteiger partial charge in [-0.3, -0.25) is 9.63 Å². The second-order valence-corrected chi connectivity index (χ2v) is 8.59. The predicted octanol–water partition coefficient (Wildman–Crippen LogP) is 3.84. The number of fused-ring (bicyclic) bond motifs is 3. The number of aliphatic carboxylic acids is 1. The molecule has 1 fully saturated rings. The smallest absolute Gasteiger partial charge is 0.407 e. The molecule has 1 unspecified atom stereocenters. The number of benzene rings is 2. The number of hydrogen-bond acceptors (Lipinski definition) is 6. The first-order valence-electron chi connectivity index (χ1n) is 11.4. The molecule has 0 radical (unpaired) electrons. The van der Waals surface area contributed by atoms with Gasteiger partial charge in [0, 0.05) is 5.92 Å². The number of furan rings is 1. The van der Waals surface area contributed by atoms with Crippen LogP contribution in [-0.4, -0.2) is 35.8 Å². The topological polar surface area (TPSA) is 127 Å². The zero-order valence-electron chi connectivity index (χ0n) is 18.7. The first-order chi connectivity index (χ1) is 17.0. The quantitative estimate of drug-likeness (QED) is 0.401. The van der Waals surface area contributed by atoms with Gasteiger partial charge in [0.05, 0.1) is 6.54 Å². The Morgan fingerprint density at radius 3 is 2.26 bits per heavy atom. The summed E-state index contributed by atoms with van der Waals surface area (Å²) >= 11 is 0. The van der Waals surface area contributed by atoms with Gasteiger partial charge in [0.15, 0.2) is 11.9 Å². The molecule has 2 amide bonds. The first kappa shape index (κ1) is 22.7. The summed E-state index contributed by atoms with van der Waals surface area (Å²) in [4.78, 5) is 40.7. The van der Waals surface area contributed by atoms with Crippen molar-refractivity contribution in [3.63, 3.8) is 0 Å². The highest BCUT2D eigenvalue weighted by atomic mass is 16.7. The zero-order chi connectivity index (χ0) is 24.4. The molecule has 2 aliphatic carbocycles. The second kappa shape index (κ2) is 9.63. The summed E-state index contributed by atoms with van der Waals surface area (Å²) < 4.78 is 10.9. The summed E-state index contributed by atoms with van der Waals surface area (Å²) in [6, 6.07) is 19.1. The van der Waals surface area contributed by atoms with E-state index in [1.807, 2.05) is 36.4 Å². The van der Waals surface area contributed by atoms with E-state index in [-0.39, 0.29) is 30.7 Å². The maximum Gasteiger partial charge on any atom is 0.407 e. The molecule has 1 heterocycles. The van der Waals surface area contributed by atoms with Gasteiger partial charge in [-0.15, -0.1) is 0 Å². The molecule has 35 heavy (non-hydrogen) atoms. The fourth-order valence-electron chi connectivity index (χ4n) is 4.32. The number of nitrogens with one attached hydrogen (secondary N) is 2. The molecule has 0 spiro atoms. The van der Waals surface area contributed by atoms with E-state index in [1.165, 1.54) is 12.1 Å². The van der Waals surface area contributed by atoms with E-state index in [2.05, 4.69) is 22.9 Å². The Labute approximate surface area is 201 Å². The molecule has 3 aromatic rings. The van der Waals surface area contributed by atoms with Gasteiger partial charge in [-0.2, -0.15) is 0 Å². The van der Waals surface area contributed by atoms with Gasteiger partial charge < -0.3 is 19.6 Å². The van der Waals surface area contributed by atoms with Crippen LogP contribution in [0.4, 0.5) is 4.79 Å². The Kier molecular flexibility index (Phi) is 6.24. The van der Waals surface area contributed by atoms with Crippen molar-refractivity contribution in [1.82, 2.24) is 10.8 Å². The van der Waals surface area contributed by atoms with E-state index in [9.17, 15) is 14.4 Å². The lowest BCUT2D eigenvalue weighted by Gasteiger charge is -2.14. The fraction of sp³-hybridized carbons (Fsp3) is 0.269. The van der Waals surface area contributed by atoms with Crippen molar-refractivity contribution in [3.8, 4) is 11.1 Å². The monoisotopic (exact) mass is 476 g/mol. The van der Waals surface area contributed by atoms with Crippen molar-refractivity contribution in [2.24, 2.45) is 5.92 Å². The van der Waals surface area contributed by atoms with Crippen LogP contribution in [0.25, 0.3) is 11.1 Å². The van der Waals surface area contributed by atoms with Crippen molar-refractivity contribution in [2.45, 2.75) is 31.4 Å². The first-order valence-corrected chi connectivity index (χ1v) is 11.4. The molecule has 2 aliphatic rings. The molecule has 9 heteroatoms. The summed E-state index contributed by atoms with van der Waals surface area (Å²) in [5.74, 6) is -1.70. The molecular formula is C26H24N2O7. The maximum atomic E-state index is 12.3. The molecule has 9 nitrogen and oxygen atoms in total. The lowest BCUT2D eigenvalue weighted by molar-refractivity contribution is -0.155. The number of carboxylic acid groups (broad SMARTS) is 1. The summed E-state index contributed by atoms with van der Waals surface area (Å²) in [5.41, 5.74) is 6.66. The third-order valence-corrected chi connectivity index (χ3v) is 6.21. The van der Waals surface area contributed by atoms with Crippen molar-refractivity contribution in [2.75, 3.05) is 6.61 Å². The zero-order valence-corrected chi connectivity index (χ0v) is 18.7. The molecule has 1 aromatic heterocycles. The lowest BCUT2D eigenvalue weighted by atomic mass is 9.98. The maximum absolute atomic E-state index is 12.3. The van der Waals surface area contributed by atoms with Crippen LogP contribution in [0.1, 0.15) is 46.2 Å². The van der Waals surface area contributed by atoms with E-state index < -0.39 is 24.1 Å². The minimum atomic E-state index is -1.12. The van der Waals surface area contributed by atoms with Crippen LogP contribution >= 0.6 is 0 Å². The number of carbonyl (C=O) groups is 3. The van der Waals surface area contributed by atoms with Crippen molar-refractivity contribution >= 4 is 18.0 Å². The van der Waals surface area contributed by atoms with Gasteiger partial charge in [0.2, 0.25) is 0 Å². The van der Waals surface area contributed by atoms with Gasteiger partial charge in [0.1, 0.15) is 12.4 Å². The number of ether oxygens (including phenoxy) is 1. The summed E-state index contributed by atoms with van der Waals surface area (Å²) in [6.07, 6.45) is -0.187. The number of amides is 2. The summed E-state index contributed by atoms with van der Waals surface area (Å²) in [7, 11) is 0. The van der Waals surface area contributed by atoms with Crippen LogP contribution in [0.3, 0.4) is 0 Å². The molecule has 3 N–H and O–H groups in total. The molecule has 180 valence electrons. The lowest BCUT2D eigenvalue weighted by Crippen LogP contribution is -2.35. The molecular weight excluding hydrogens is 452 g/mol. The number of rotatable bonds is 9. The largest absolute Gasteiger partial charge is 0.479 e. The molecule has 1 saturated carbocycles. The van der Waals surface area contributed by atoms with Crippen molar-refractivity contribution < 1.29 is 33.5 Å². The normalized spacial score (nSPS) is 15.1. The third kappa shape index (κ3) is 4.90. The number of hydrogen-bond donors (Lipinski definition) is 3. The molecule has 2 aromatic carbocycles. The Hall–Kier alpha value is -4.11. The summed E-state index contributed by atoms with van der Waals surface area (Å²) in [5, 5.41) is 11.8. The Morgan fingerprint density at radius 2 is 1.63 bits per heavy atom. The third-order valence-electron chi connectivity index (χ3n) is 6.21. The standard InChI is InChI=1S/C26H24N2O7/c29-24(28-35-23(25(30)31)15-9-10-15)22-12-11-16(34-22)13-27-26(32)33-14-21-19-7-3-1-5-17(19)18-6-2-4-8-20(18)21/h1-8,11-12,15,21,23H,9-10,13-14H2,(H,27,32)(H,28,29)(H,30,31). The fourth-order valence-corrected chi connectivity index (χ4v) is 4.32. The van der Waals surface area contributed by atoms with Gasteiger partial charge in [-0.1, -0.05) is 48.5 Å². The van der Waals surface area contributed by atoms with Crippen LogP contribution < -0.4 is 10.8 Å². The number of hydroxylamine groups is 1. The van der Waals surface area contributed by atoms with Crippen LogP contribution in [0.15, 0.2) is 65.1 Å². The minimum absolute atomic E-state index is 0.0185. The van der Waals surface area contributed by atoms with Crippen LogP contribution in [0.2, 0.25) is 0 Å². The highest BCUT2D eigenvalue weighted by Gasteiger charge is 2.38. The SMILES string of the molecule is O=C(NCc1ccc(C(=O)NOC(C(=O)O)C2CC2)o1)OCC1c2ccccc2-c2ccccc21. The molecule has 0 aliphatic heterocycles. The van der Waals surface area contributed by atoms with Gasteiger partial charge in [-0.25, -0.2) is 15.1 Å². The van der Waals surface area contributed by atoms with Gasteiger partial charge in [0.25, 0.3) is 0 Å². The highest BCUT2D eigenvalue weighted by Crippen LogP contribution is 2.44. The highest BCUT2D eigenvalue weighted by molar-refractivity contribution is 5.90. The Balaban J connectivity index is 1.11. The summed E-state index contributed by atoms with van der Waals surface area (Å²) in [6.45, 7) is 0.208. The Morgan fingerprint density at radius 1 is 0.971 bits per heavy atom. The number of alkyl carbamates (subject to hydrolysis) is 1. The van der Waals surface area contributed by atoms with Crippen LogP contribution in [0.5, 0.6) is 0 Å².